The van der Waals surface area contributed by atoms with E-state index in [9.17, 15) is 18.0 Å². The Hall–Kier alpha value is -1.97. The number of carbonyl (C=O) groups excluding carboxylic acids is 2. The van der Waals surface area contributed by atoms with Gasteiger partial charge < -0.3 is 10.2 Å². The summed E-state index contributed by atoms with van der Waals surface area (Å²) < 4.78 is 25.3. The first kappa shape index (κ1) is 21.1. The summed E-state index contributed by atoms with van der Waals surface area (Å²) in [6.07, 6.45) is 0. The minimum absolute atomic E-state index is 0.0284. The summed E-state index contributed by atoms with van der Waals surface area (Å²) in [4.78, 5) is 30.5. The number of hydrogen-bond donors (Lipinski definition) is 1. The van der Waals surface area contributed by atoms with Crippen molar-refractivity contribution in [2.45, 2.75) is 31.7 Å². The van der Waals surface area contributed by atoms with Crippen LogP contribution in [0, 0.1) is 0 Å². The van der Waals surface area contributed by atoms with Crippen LogP contribution in [-0.4, -0.2) is 62.9 Å². The van der Waals surface area contributed by atoms with E-state index < -0.39 is 15.9 Å². The van der Waals surface area contributed by atoms with E-state index in [2.05, 4.69) is 5.32 Å². The van der Waals surface area contributed by atoms with E-state index in [1.807, 2.05) is 13.8 Å². The zero-order valence-corrected chi connectivity index (χ0v) is 16.0. The fourth-order valence-electron chi connectivity index (χ4n) is 2.09. The van der Waals surface area contributed by atoms with Gasteiger partial charge in [-0.15, -0.1) is 0 Å². The summed E-state index contributed by atoms with van der Waals surface area (Å²) in [7, 11) is -1.36. The Morgan fingerprint density at radius 1 is 1.28 bits per heavy atom. The van der Waals surface area contributed by atoms with Crippen molar-refractivity contribution in [2.75, 3.05) is 27.2 Å². The quantitative estimate of drug-likeness (QED) is 0.684. The zero-order chi connectivity index (χ0) is 19.2. The van der Waals surface area contributed by atoms with E-state index in [4.69, 9.17) is 4.84 Å². The molecule has 0 radical (unpaired) electrons. The van der Waals surface area contributed by atoms with Crippen LogP contribution in [0.5, 0.6) is 0 Å². The number of rotatable bonds is 8. The molecule has 0 spiro atoms. The van der Waals surface area contributed by atoms with Crippen molar-refractivity contribution >= 4 is 21.8 Å². The molecule has 8 nitrogen and oxygen atoms in total. The van der Waals surface area contributed by atoms with Gasteiger partial charge in [-0.1, -0.05) is 10.5 Å². The van der Waals surface area contributed by atoms with Gasteiger partial charge in [-0.05, 0) is 39.0 Å². The Labute approximate surface area is 148 Å². The van der Waals surface area contributed by atoms with Gasteiger partial charge in [0, 0.05) is 25.2 Å². The topological polar surface area (TPSA) is 96.0 Å². The van der Waals surface area contributed by atoms with Crippen molar-refractivity contribution in [1.82, 2.24) is 14.7 Å². The number of nitrogens with one attached hydrogen (secondary N) is 1. The molecule has 0 bridgehead atoms. The standard InChI is InChI=1S/C16H25N3O5S/c1-6-19(11-15(20)17-12(2)3)16(21)13-8-7-9-14(10-13)25(22,23)18(4)24-5/h7-10,12H,6,11H2,1-5H3,(H,17,20). The molecule has 0 fully saturated rings. The molecule has 25 heavy (non-hydrogen) atoms. The highest BCUT2D eigenvalue weighted by atomic mass is 32.2. The molecule has 0 heterocycles. The third kappa shape index (κ3) is 5.52. The lowest BCUT2D eigenvalue weighted by molar-refractivity contribution is -0.122. The first-order valence-electron chi connectivity index (χ1n) is 7.85. The van der Waals surface area contributed by atoms with Gasteiger partial charge in [-0.2, -0.15) is 0 Å². The maximum absolute atomic E-state index is 12.6. The van der Waals surface area contributed by atoms with Crippen LogP contribution in [0.3, 0.4) is 0 Å². The molecule has 0 aliphatic heterocycles. The lowest BCUT2D eigenvalue weighted by Crippen LogP contribution is -2.42. The van der Waals surface area contributed by atoms with E-state index >= 15 is 0 Å². The molecule has 0 aliphatic carbocycles. The molecule has 1 N–H and O–H groups in total. The van der Waals surface area contributed by atoms with Crippen LogP contribution in [0.4, 0.5) is 0 Å². The molecule has 1 aromatic carbocycles. The van der Waals surface area contributed by atoms with Crippen molar-refractivity contribution < 1.29 is 22.8 Å². The summed E-state index contributed by atoms with van der Waals surface area (Å²) in [5.41, 5.74) is 0.185. The Balaban J connectivity index is 3.05. The van der Waals surface area contributed by atoms with Gasteiger partial charge >= 0.3 is 0 Å². The molecule has 2 amide bonds. The fraction of sp³-hybridized carbons (Fsp3) is 0.500. The second kappa shape index (κ2) is 8.93. The number of likely N-dealkylation sites (N-methyl/N-ethyl adjacent to an activating group) is 1. The van der Waals surface area contributed by atoms with Crippen LogP contribution >= 0.6 is 0 Å². The van der Waals surface area contributed by atoms with Crippen LogP contribution in [0.1, 0.15) is 31.1 Å². The van der Waals surface area contributed by atoms with E-state index in [1.54, 1.807) is 6.92 Å². The molecule has 0 aliphatic rings. The molecule has 9 heteroatoms. The van der Waals surface area contributed by atoms with E-state index in [-0.39, 0.29) is 29.0 Å². The number of benzene rings is 1. The average molecular weight is 371 g/mol. The number of amides is 2. The van der Waals surface area contributed by atoms with Gasteiger partial charge in [0.05, 0.1) is 18.6 Å². The van der Waals surface area contributed by atoms with E-state index in [1.165, 1.54) is 43.3 Å². The minimum atomic E-state index is -3.86. The van der Waals surface area contributed by atoms with Crippen molar-refractivity contribution in [3.63, 3.8) is 0 Å². The summed E-state index contributed by atoms with van der Waals surface area (Å²) in [5, 5.41) is 2.72. The van der Waals surface area contributed by atoms with E-state index in [0.29, 0.717) is 11.0 Å². The summed E-state index contributed by atoms with van der Waals surface area (Å²) in [6, 6.07) is 5.61. The van der Waals surface area contributed by atoms with Crippen molar-refractivity contribution in [3.8, 4) is 0 Å². The maximum atomic E-state index is 12.6. The minimum Gasteiger partial charge on any atom is -0.352 e. The average Bonchev–Trinajstić information content (AvgIpc) is 2.57. The van der Waals surface area contributed by atoms with Gasteiger partial charge in [0.1, 0.15) is 0 Å². The maximum Gasteiger partial charge on any atom is 0.264 e. The zero-order valence-electron chi connectivity index (χ0n) is 15.1. The SMILES string of the molecule is CCN(CC(=O)NC(C)C)C(=O)c1cccc(S(=O)(=O)N(C)OC)c1. The molecule has 0 saturated heterocycles. The molecule has 1 aromatic rings. The summed E-state index contributed by atoms with van der Waals surface area (Å²) >= 11 is 0. The highest BCUT2D eigenvalue weighted by molar-refractivity contribution is 7.89. The molecule has 0 atom stereocenters. The van der Waals surface area contributed by atoms with Crippen LogP contribution in [0.25, 0.3) is 0 Å². The number of nitrogens with zero attached hydrogens (tertiary/aromatic N) is 2. The predicted octanol–water partition coefficient (Wildman–Crippen LogP) is 0.855. The third-order valence-electron chi connectivity index (χ3n) is 3.43. The summed E-state index contributed by atoms with van der Waals surface area (Å²) in [6.45, 7) is 5.63. The summed E-state index contributed by atoms with van der Waals surface area (Å²) in [5.74, 6) is -0.688. The van der Waals surface area contributed by atoms with Crippen molar-refractivity contribution in [2.24, 2.45) is 0 Å². The van der Waals surface area contributed by atoms with Crippen molar-refractivity contribution in [3.05, 3.63) is 29.8 Å². The molecule has 0 unspecified atom stereocenters. The number of sulfonamides is 1. The Bertz CT molecular complexity index is 718. The lowest BCUT2D eigenvalue weighted by Gasteiger charge is -2.21. The van der Waals surface area contributed by atoms with E-state index in [0.717, 1.165) is 0 Å². The molecule has 0 saturated carbocycles. The molecular formula is C16H25N3O5S. The van der Waals surface area contributed by atoms with Gasteiger partial charge in [0.2, 0.25) is 5.91 Å². The number of hydroxylamine groups is 1. The molecule has 140 valence electrons. The van der Waals surface area contributed by atoms with Crippen LogP contribution in [0.15, 0.2) is 29.2 Å². The van der Waals surface area contributed by atoms with Crippen molar-refractivity contribution in [1.29, 1.82) is 0 Å². The van der Waals surface area contributed by atoms with Crippen LogP contribution < -0.4 is 5.32 Å². The largest absolute Gasteiger partial charge is 0.352 e. The smallest absolute Gasteiger partial charge is 0.264 e. The van der Waals surface area contributed by atoms with Gasteiger partial charge in [-0.25, -0.2) is 8.42 Å². The number of carbonyl (C=O) groups is 2. The molecule has 1 rings (SSSR count). The van der Waals surface area contributed by atoms with Crippen LogP contribution in [0.2, 0.25) is 0 Å². The van der Waals surface area contributed by atoms with Gasteiger partial charge in [-0.3, -0.25) is 14.4 Å². The Kier molecular flexibility index (Phi) is 7.53. The highest BCUT2D eigenvalue weighted by Crippen LogP contribution is 2.17. The van der Waals surface area contributed by atoms with Gasteiger partial charge in [0.15, 0.2) is 0 Å². The Morgan fingerprint density at radius 2 is 1.92 bits per heavy atom. The second-order valence-electron chi connectivity index (χ2n) is 5.67. The lowest BCUT2D eigenvalue weighted by atomic mass is 10.2. The Morgan fingerprint density at radius 3 is 2.44 bits per heavy atom. The third-order valence-corrected chi connectivity index (χ3v) is 5.10. The monoisotopic (exact) mass is 371 g/mol. The number of hydrogen-bond acceptors (Lipinski definition) is 5. The first-order valence-corrected chi connectivity index (χ1v) is 9.29. The predicted molar refractivity (Wildman–Crippen MR) is 93.3 cm³/mol. The van der Waals surface area contributed by atoms with Crippen LogP contribution in [-0.2, 0) is 19.7 Å². The normalized spacial score (nSPS) is 11.6. The molecule has 0 aromatic heterocycles. The first-order chi connectivity index (χ1) is 11.6. The van der Waals surface area contributed by atoms with Gasteiger partial charge in [0.25, 0.3) is 15.9 Å². The highest BCUT2D eigenvalue weighted by Gasteiger charge is 2.23. The fourth-order valence-corrected chi connectivity index (χ4v) is 3.11. The second-order valence-corrected chi connectivity index (χ2v) is 7.60. The molecular weight excluding hydrogens is 346 g/mol.